The number of ether oxygens (including phenoxy) is 2. The number of rotatable bonds is 2. The number of hydrogen-bond acceptors (Lipinski definition) is 9. The molecule has 4 fully saturated rings. The lowest BCUT2D eigenvalue weighted by molar-refractivity contribution is -0.412. The third kappa shape index (κ3) is 2.46. The van der Waals surface area contributed by atoms with Crippen molar-refractivity contribution < 1.29 is 44.6 Å². The summed E-state index contributed by atoms with van der Waals surface area (Å²) in [6.07, 6.45) is 1.19. The van der Waals surface area contributed by atoms with Crippen LogP contribution < -0.4 is 0 Å². The van der Waals surface area contributed by atoms with Crippen LogP contribution in [0.15, 0.2) is 23.8 Å². The van der Waals surface area contributed by atoms with Gasteiger partial charge in [-0.05, 0) is 53.2 Å². The topological polar surface area (TPSA) is 154 Å². The molecule has 182 valence electrons. The predicted molar refractivity (Wildman–Crippen MR) is 112 cm³/mol. The van der Waals surface area contributed by atoms with Crippen LogP contribution in [0.25, 0.3) is 0 Å². The van der Waals surface area contributed by atoms with Crippen molar-refractivity contribution in [1.82, 2.24) is 0 Å². The fourth-order valence-electron chi connectivity index (χ4n) is 7.39. The van der Waals surface area contributed by atoms with Crippen LogP contribution >= 0.6 is 0 Å². The zero-order valence-corrected chi connectivity index (χ0v) is 19.6. The molecule has 2 heterocycles. The molecule has 2 saturated carbocycles. The molecule has 4 bridgehead atoms. The summed E-state index contributed by atoms with van der Waals surface area (Å²) in [5.74, 6) is -10.0. The van der Waals surface area contributed by atoms with E-state index >= 15 is 0 Å². The van der Waals surface area contributed by atoms with Crippen molar-refractivity contribution in [2.45, 2.75) is 82.1 Å². The molecule has 5 N–H and O–H groups in total. The van der Waals surface area contributed by atoms with E-state index in [9.17, 15) is 35.1 Å². The van der Waals surface area contributed by atoms with Crippen molar-refractivity contribution >= 4 is 11.6 Å². The lowest BCUT2D eigenvalue weighted by Gasteiger charge is -2.60. The fraction of sp³-hybridized carbons (Fsp3) is 0.750. The largest absolute Gasteiger partial charge is 0.386 e. The van der Waals surface area contributed by atoms with Gasteiger partial charge in [0.15, 0.2) is 28.7 Å². The van der Waals surface area contributed by atoms with Crippen LogP contribution in [-0.4, -0.2) is 77.7 Å². The van der Waals surface area contributed by atoms with Gasteiger partial charge in [0.05, 0.1) is 22.7 Å². The van der Waals surface area contributed by atoms with Gasteiger partial charge in [0.1, 0.15) is 6.10 Å². The Morgan fingerprint density at radius 3 is 2.27 bits per heavy atom. The van der Waals surface area contributed by atoms with Gasteiger partial charge in [0.25, 0.3) is 0 Å². The van der Waals surface area contributed by atoms with E-state index in [0.717, 1.165) is 6.92 Å². The highest BCUT2D eigenvalue weighted by Crippen LogP contribution is 2.75. The number of aliphatic hydroxyl groups is 5. The second-order valence-electron chi connectivity index (χ2n) is 11.8. The Morgan fingerprint density at radius 2 is 1.70 bits per heavy atom. The zero-order valence-electron chi connectivity index (χ0n) is 19.6. The molecule has 0 aromatic heterocycles. The van der Waals surface area contributed by atoms with Gasteiger partial charge in [-0.2, -0.15) is 0 Å². The Bertz CT molecular complexity index is 1020. The van der Waals surface area contributed by atoms with Crippen molar-refractivity contribution in [2.75, 3.05) is 0 Å². The monoisotopic (exact) mass is 464 g/mol. The minimum atomic E-state index is -2.43. The molecule has 33 heavy (non-hydrogen) atoms. The molecule has 3 aliphatic carbocycles. The first kappa shape index (κ1) is 23.3. The van der Waals surface area contributed by atoms with Crippen LogP contribution in [0, 0.1) is 29.1 Å². The second kappa shape index (κ2) is 6.02. The normalized spacial score (nSPS) is 54.6. The highest BCUT2D eigenvalue weighted by molar-refractivity contribution is 6.02. The molecule has 9 heteroatoms. The standard InChI is InChI=1S/C24H32O9/c1-10-9-23(30)22(8-7-19(2,3)28)13(15(10)25)11-12-14(22)16(26)21(6,29)18(27)24(12,31)33-20(4,5)17(11)32-23/h7-9,11-14,17-18,27-31H,1-6H3. The van der Waals surface area contributed by atoms with E-state index in [0.29, 0.717) is 0 Å². The first-order valence-electron chi connectivity index (χ1n) is 11.3. The molecule has 0 amide bonds. The minimum Gasteiger partial charge on any atom is -0.386 e. The number of Topliss-reactive ketones (excluding diaryl/α,β-unsaturated/α-hetero) is 2. The summed E-state index contributed by atoms with van der Waals surface area (Å²) in [5, 5.41) is 56.4. The molecule has 0 radical (unpaired) electrons. The van der Waals surface area contributed by atoms with Crippen molar-refractivity contribution in [1.29, 1.82) is 0 Å². The van der Waals surface area contributed by atoms with Gasteiger partial charge in [-0.15, -0.1) is 0 Å². The molecule has 5 aliphatic rings. The average Bonchev–Trinajstić information content (AvgIpc) is 2.93. The molecule has 2 aliphatic heterocycles. The van der Waals surface area contributed by atoms with E-state index < -0.39 is 75.5 Å². The summed E-state index contributed by atoms with van der Waals surface area (Å²) in [5.41, 5.74) is -6.58. The van der Waals surface area contributed by atoms with Crippen molar-refractivity contribution in [2.24, 2.45) is 29.1 Å². The predicted octanol–water partition coefficient (Wildman–Crippen LogP) is -0.413. The van der Waals surface area contributed by atoms with Crippen LogP contribution in [0.1, 0.15) is 41.5 Å². The van der Waals surface area contributed by atoms with E-state index in [1.807, 2.05) is 0 Å². The number of hydrogen-bond donors (Lipinski definition) is 5. The van der Waals surface area contributed by atoms with Crippen LogP contribution in [0.2, 0.25) is 0 Å². The Hall–Kier alpha value is -1.46. The smallest absolute Gasteiger partial charge is 0.199 e. The molecular weight excluding hydrogens is 432 g/mol. The fourth-order valence-corrected chi connectivity index (χ4v) is 7.39. The highest BCUT2D eigenvalue weighted by atomic mass is 16.7. The van der Waals surface area contributed by atoms with E-state index in [4.69, 9.17) is 9.47 Å². The summed E-state index contributed by atoms with van der Waals surface area (Å²) in [6, 6.07) is 0. The second-order valence-corrected chi connectivity index (χ2v) is 11.8. The molecule has 0 spiro atoms. The van der Waals surface area contributed by atoms with Gasteiger partial charge < -0.3 is 35.0 Å². The molecule has 5 rings (SSSR count). The lowest BCUT2D eigenvalue weighted by atomic mass is 9.54. The Balaban J connectivity index is 1.90. The first-order chi connectivity index (χ1) is 14.9. The van der Waals surface area contributed by atoms with Crippen LogP contribution in [-0.2, 0) is 19.1 Å². The molecule has 10 unspecified atom stereocenters. The third-order valence-electron chi connectivity index (χ3n) is 8.61. The van der Waals surface area contributed by atoms with Gasteiger partial charge in [-0.1, -0.05) is 12.2 Å². The molecule has 0 aromatic carbocycles. The zero-order chi connectivity index (χ0) is 24.7. The summed E-state index contributed by atoms with van der Waals surface area (Å²) >= 11 is 0. The van der Waals surface area contributed by atoms with E-state index in [1.54, 1.807) is 20.8 Å². The van der Waals surface area contributed by atoms with Gasteiger partial charge in [0, 0.05) is 23.7 Å². The summed E-state index contributed by atoms with van der Waals surface area (Å²) < 4.78 is 12.2. The maximum Gasteiger partial charge on any atom is 0.199 e. The SMILES string of the molecule is CC1=CC2(O)OC3C4C5C(C(=O)C(C)(O)C(O)C5(O)OC3(C)C)C2(C=CC(C)(C)O)C4C1=O. The minimum absolute atomic E-state index is 0.250. The number of carbonyl (C=O) groups excluding carboxylic acids is 2. The van der Waals surface area contributed by atoms with Crippen LogP contribution in [0.4, 0.5) is 0 Å². The molecular formula is C24H32O9. The summed E-state index contributed by atoms with van der Waals surface area (Å²) in [4.78, 5) is 27.4. The van der Waals surface area contributed by atoms with Gasteiger partial charge in [0.2, 0.25) is 0 Å². The first-order valence-corrected chi connectivity index (χ1v) is 11.3. The van der Waals surface area contributed by atoms with Crippen molar-refractivity contribution in [3.05, 3.63) is 23.8 Å². The number of allylic oxidation sites excluding steroid dienone is 1. The highest BCUT2D eigenvalue weighted by Gasteiger charge is 2.87. The third-order valence-corrected chi connectivity index (χ3v) is 8.61. The Kier molecular flexibility index (Phi) is 4.25. The maximum absolute atomic E-state index is 13.8. The summed E-state index contributed by atoms with van der Waals surface area (Å²) in [6.45, 7) is 8.86. The Morgan fingerprint density at radius 1 is 1.09 bits per heavy atom. The van der Waals surface area contributed by atoms with E-state index in [2.05, 4.69) is 0 Å². The quantitative estimate of drug-likeness (QED) is 0.343. The maximum atomic E-state index is 13.8. The van der Waals surface area contributed by atoms with Crippen LogP contribution in [0.5, 0.6) is 0 Å². The number of aliphatic hydroxyl groups excluding tert-OH is 1. The number of ketones is 2. The van der Waals surface area contributed by atoms with Gasteiger partial charge >= 0.3 is 0 Å². The molecule has 0 aromatic rings. The van der Waals surface area contributed by atoms with Gasteiger partial charge in [-0.3, -0.25) is 9.59 Å². The van der Waals surface area contributed by atoms with Gasteiger partial charge in [-0.25, -0.2) is 0 Å². The van der Waals surface area contributed by atoms with E-state index in [-0.39, 0.29) is 11.4 Å². The van der Waals surface area contributed by atoms with Crippen LogP contribution in [0.3, 0.4) is 0 Å². The van der Waals surface area contributed by atoms with E-state index in [1.165, 1.54) is 32.1 Å². The molecule has 9 nitrogen and oxygen atoms in total. The average molecular weight is 465 g/mol. The summed E-state index contributed by atoms with van der Waals surface area (Å²) in [7, 11) is 0. The van der Waals surface area contributed by atoms with Crippen molar-refractivity contribution in [3.63, 3.8) is 0 Å². The molecule has 10 atom stereocenters. The molecule has 2 saturated heterocycles. The lowest BCUT2D eigenvalue weighted by Crippen LogP contribution is -2.76. The van der Waals surface area contributed by atoms with Crippen molar-refractivity contribution in [3.8, 4) is 0 Å². The number of carbonyl (C=O) groups is 2. The Labute approximate surface area is 191 Å².